The van der Waals surface area contributed by atoms with Crippen LogP contribution in [0, 0.1) is 15.9 Å². The Morgan fingerprint density at radius 1 is 1.14 bits per heavy atom. The monoisotopic (exact) mass is 480 g/mol. The number of nitro groups is 1. The molecule has 1 heterocycles. The fourth-order valence-corrected chi connectivity index (χ4v) is 2.70. The van der Waals surface area contributed by atoms with Crippen LogP contribution in [0.4, 0.5) is 27.4 Å². The number of nitrogens with zero attached hydrogens (tertiary/aromatic N) is 3. The largest absolute Gasteiger partial charge is 0.355 e. The number of hydrogen-bond donors (Lipinski definition) is 3. The highest BCUT2D eigenvalue weighted by Crippen LogP contribution is 2.32. The summed E-state index contributed by atoms with van der Waals surface area (Å²) in [7, 11) is 0. The Morgan fingerprint density at radius 3 is 2.48 bits per heavy atom. The molecule has 3 N–H and O–H groups in total. The lowest BCUT2D eigenvalue weighted by molar-refractivity contribution is -0.383. The molecular formula is C17H11BrClFN6O3. The average molecular weight is 482 g/mol. The van der Waals surface area contributed by atoms with E-state index in [2.05, 4.69) is 42.1 Å². The van der Waals surface area contributed by atoms with E-state index in [4.69, 9.17) is 11.6 Å². The summed E-state index contributed by atoms with van der Waals surface area (Å²) in [6.07, 6.45) is 1.03. The maximum absolute atomic E-state index is 14.1. The molecule has 1 aromatic heterocycles. The number of rotatable bonds is 6. The van der Waals surface area contributed by atoms with E-state index in [0.717, 1.165) is 6.33 Å². The van der Waals surface area contributed by atoms with Crippen LogP contribution in [0.3, 0.4) is 0 Å². The molecule has 0 fully saturated rings. The van der Waals surface area contributed by atoms with Crippen molar-refractivity contribution in [3.05, 3.63) is 79.8 Å². The van der Waals surface area contributed by atoms with Gasteiger partial charge in [0, 0.05) is 15.1 Å². The second kappa shape index (κ2) is 8.80. The highest BCUT2D eigenvalue weighted by atomic mass is 79.9. The van der Waals surface area contributed by atoms with E-state index in [1.807, 2.05) is 0 Å². The summed E-state index contributed by atoms with van der Waals surface area (Å²) in [5.74, 6) is -1.75. The molecule has 0 spiro atoms. The molecule has 12 heteroatoms. The van der Waals surface area contributed by atoms with Gasteiger partial charge in [0.15, 0.2) is 0 Å². The molecule has 0 bridgehead atoms. The minimum absolute atomic E-state index is 0.0221. The first kappa shape index (κ1) is 20.4. The molecule has 148 valence electrons. The Bertz CT molecular complexity index is 1080. The van der Waals surface area contributed by atoms with Crippen LogP contribution in [0.1, 0.15) is 10.4 Å². The molecule has 1 amide bonds. The molecule has 0 atom stereocenters. The first-order valence-corrected chi connectivity index (χ1v) is 9.05. The van der Waals surface area contributed by atoms with E-state index in [1.54, 1.807) is 6.07 Å². The van der Waals surface area contributed by atoms with Crippen LogP contribution in [0.5, 0.6) is 0 Å². The van der Waals surface area contributed by atoms with Crippen LogP contribution < -0.4 is 16.2 Å². The molecule has 0 radical (unpaired) electrons. The van der Waals surface area contributed by atoms with Gasteiger partial charge in [0.1, 0.15) is 12.1 Å². The van der Waals surface area contributed by atoms with Gasteiger partial charge < -0.3 is 5.32 Å². The first-order valence-electron chi connectivity index (χ1n) is 7.88. The number of anilines is 3. The van der Waals surface area contributed by atoms with Crippen molar-refractivity contribution in [1.82, 2.24) is 15.4 Å². The van der Waals surface area contributed by atoms with E-state index >= 15 is 0 Å². The molecule has 0 aliphatic rings. The molecule has 0 aliphatic heterocycles. The topological polar surface area (TPSA) is 122 Å². The zero-order valence-corrected chi connectivity index (χ0v) is 16.7. The third-order valence-corrected chi connectivity index (χ3v) is 4.34. The van der Waals surface area contributed by atoms with Crippen molar-refractivity contribution in [3.8, 4) is 0 Å². The van der Waals surface area contributed by atoms with Crippen LogP contribution in [-0.4, -0.2) is 20.8 Å². The van der Waals surface area contributed by atoms with E-state index in [0.29, 0.717) is 9.50 Å². The van der Waals surface area contributed by atoms with Gasteiger partial charge in [0.2, 0.25) is 11.6 Å². The number of aromatic nitrogens is 2. The van der Waals surface area contributed by atoms with Crippen LogP contribution >= 0.6 is 27.5 Å². The summed E-state index contributed by atoms with van der Waals surface area (Å²) in [4.78, 5) is 30.5. The Kier molecular flexibility index (Phi) is 6.20. The van der Waals surface area contributed by atoms with Gasteiger partial charge in [-0.2, -0.15) is 0 Å². The normalized spacial score (nSPS) is 10.3. The highest BCUT2D eigenvalue weighted by molar-refractivity contribution is 9.10. The second-order valence-corrected chi connectivity index (χ2v) is 6.86. The smallest absolute Gasteiger partial charge is 0.332 e. The number of nitrogens with one attached hydrogen (secondary N) is 3. The molecule has 29 heavy (non-hydrogen) atoms. The number of halogens is 3. The van der Waals surface area contributed by atoms with Crippen molar-refractivity contribution in [1.29, 1.82) is 0 Å². The van der Waals surface area contributed by atoms with Crippen molar-refractivity contribution in [2.24, 2.45) is 0 Å². The number of hydrogen-bond acceptors (Lipinski definition) is 7. The predicted molar refractivity (Wildman–Crippen MR) is 109 cm³/mol. The molecule has 0 saturated heterocycles. The Balaban J connectivity index is 1.83. The molecule has 3 rings (SSSR count). The van der Waals surface area contributed by atoms with Gasteiger partial charge in [-0.15, -0.1) is 0 Å². The van der Waals surface area contributed by atoms with Crippen molar-refractivity contribution in [3.63, 3.8) is 0 Å². The number of benzene rings is 2. The molecule has 0 aliphatic carbocycles. The second-order valence-electron chi connectivity index (χ2n) is 5.51. The molecular weight excluding hydrogens is 471 g/mol. The van der Waals surface area contributed by atoms with Crippen molar-refractivity contribution >= 4 is 56.4 Å². The Labute approximate surface area is 176 Å². The third kappa shape index (κ3) is 4.95. The van der Waals surface area contributed by atoms with Gasteiger partial charge in [-0.1, -0.05) is 27.5 Å². The zero-order chi connectivity index (χ0) is 21.0. The summed E-state index contributed by atoms with van der Waals surface area (Å²) in [6, 6.07) is 10.2. The molecule has 3 aromatic rings. The lowest BCUT2D eigenvalue weighted by atomic mass is 10.2. The maximum atomic E-state index is 14.1. The van der Waals surface area contributed by atoms with Gasteiger partial charge in [-0.3, -0.25) is 25.8 Å². The van der Waals surface area contributed by atoms with E-state index in [-0.39, 0.29) is 22.9 Å². The summed E-state index contributed by atoms with van der Waals surface area (Å²) in [6.45, 7) is 0. The van der Waals surface area contributed by atoms with Gasteiger partial charge in [-0.25, -0.2) is 14.4 Å². The average Bonchev–Trinajstić information content (AvgIpc) is 2.68. The molecule has 9 nitrogen and oxygen atoms in total. The zero-order valence-electron chi connectivity index (χ0n) is 14.3. The van der Waals surface area contributed by atoms with Crippen LogP contribution in [0.2, 0.25) is 5.02 Å². The molecule has 0 unspecified atom stereocenters. The Hall–Kier alpha value is -3.31. The number of carbonyl (C=O) groups is 1. The molecule has 0 saturated carbocycles. The quantitative estimate of drug-likeness (QED) is 0.351. The van der Waals surface area contributed by atoms with Gasteiger partial charge in [0.05, 0.1) is 10.6 Å². The number of carbonyl (C=O) groups excluding carboxylic acids is 1. The summed E-state index contributed by atoms with van der Waals surface area (Å²) in [5.41, 5.74) is 4.37. The van der Waals surface area contributed by atoms with Gasteiger partial charge >= 0.3 is 5.69 Å². The molecule has 2 aromatic carbocycles. The third-order valence-electron chi connectivity index (χ3n) is 3.59. The minimum Gasteiger partial charge on any atom is -0.332 e. The number of amides is 1. The number of hydrazine groups is 1. The SMILES string of the molecule is O=C(NNc1ncnc(Nc2ccc(Br)cc2F)c1[N+](=O)[O-])c1ccc(Cl)cc1. The van der Waals surface area contributed by atoms with Crippen molar-refractivity contribution in [2.75, 3.05) is 10.7 Å². The maximum Gasteiger partial charge on any atom is 0.355 e. The standard InChI is InChI=1S/C17H11BrClFN6O3/c18-10-3-6-13(12(20)7-10)23-15-14(26(28)29)16(22-8-21-15)24-25-17(27)9-1-4-11(19)5-2-9/h1-8H,(H,25,27)(H2,21,22,23,24). The minimum atomic E-state index is -0.754. The first-order chi connectivity index (χ1) is 13.8. The summed E-state index contributed by atoms with van der Waals surface area (Å²) in [5, 5.41) is 14.6. The predicted octanol–water partition coefficient (Wildman–Crippen LogP) is 4.44. The van der Waals surface area contributed by atoms with E-state index in [9.17, 15) is 19.3 Å². The van der Waals surface area contributed by atoms with Crippen LogP contribution in [0.25, 0.3) is 0 Å². The Morgan fingerprint density at radius 2 is 1.83 bits per heavy atom. The lowest BCUT2D eigenvalue weighted by Crippen LogP contribution is -2.30. The lowest BCUT2D eigenvalue weighted by Gasteiger charge is -2.11. The summed E-state index contributed by atoms with van der Waals surface area (Å²) >= 11 is 8.90. The van der Waals surface area contributed by atoms with Crippen LogP contribution in [-0.2, 0) is 0 Å². The summed E-state index contributed by atoms with van der Waals surface area (Å²) < 4.78 is 14.6. The van der Waals surface area contributed by atoms with Gasteiger partial charge in [0.25, 0.3) is 5.91 Å². The van der Waals surface area contributed by atoms with Gasteiger partial charge in [-0.05, 0) is 42.5 Å². The van der Waals surface area contributed by atoms with Crippen LogP contribution in [0.15, 0.2) is 53.3 Å². The fraction of sp³-hybridized carbons (Fsp3) is 0. The fourth-order valence-electron chi connectivity index (χ4n) is 2.24. The van der Waals surface area contributed by atoms with Crippen molar-refractivity contribution < 1.29 is 14.1 Å². The van der Waals surface area contributed by atoms with E-state index < -0.39 is 22.3 Å². The highest BCUT2D eigenvalue weighted by Gasteiger charge is 2.24. The van der Waals surface area contributed by atoms with E-state index in [1.165, 1.54) is 36.4 Å². The van der Waals surface area contributed by atoms with Crippen molar-refractivity contribution in [2.45, 2.75) is 0 Å².